The Labute approximate surface area is 65.5 Å². The number of allylic oxidation sites excluding steroid dienone is 1. The van der Waals surface area contributed by atoms with Crippen LogP contribution < -0.4 is 0 Å². The van der Waals surface area contributed by atoms with Gasteiger partial charge >= 0.3 is 0 Å². The van der Waals surface area contributed by atoms with Crippen molar-refractivity contribution in [3.05, 3.63) is 34.5 Å². The SMILES string of the molecule is C=Cc1sccc1C=CC. The zero-order valence-corrected chi connectivity index (χ0v) is 6.82. The zero-order chi connectivity index (χ0) is 7.40. The maximum atomic E-state index is 3.72. The first kappa shape index (κ1) is 7.29. The highest BCUT2D eigenvalue weighted by atomic mass is 32.1. The molecule has 1 aromatic heterocycles. The number of hydrogen-bond donors (Lipinski definition) is 0. The fourth-order valence-corrected chi connectivity index (χ4v) is 1.54. The molecular formula is C9H10S. The average molecular weight is 150 g/mol. The van der Waals surface area contributed by atoms with E-state index < -0.39 is 0 Å². The normalized spacial score (nSPS) is 10.5. The molecule has 1 rings (SSSR count). The second-order valence-electron chi connectivity index (χ2n) is 1.94. The van der Waals surface area contributed by atoms with E-state index in [1.165, 1.54) is 10.4 Å². The number of hydrogen-bond acceptors (Lipinski definition) is 1. The lowest BCUT2D eigenvalue weighted by atomic mass is 10.2. The monoisotopic (exact) mass is 150 g/mol. The molecule has 0 atom stereocenters. The summed E-state index contributed by atoms with van der Waals surface area (Å²) in [5.74, 6) is 0. The Balaban J connectivity index is 3.00. The molecule has 0 spiro atoms. The molecule has 0 amide bonds. The summed E-state index contributed by atoms with van der Waals surface area (Å²) in [6, 6.07) is 2.10. The standard InChI is InChI=1S/C9H10S/c1-3-5-8-6-7-10-9(8)4-2/h3-7H,2H2,1H3. The second-order valence-corrected chi connectivity index (χ2v) is 2.89. The first-order valence-corrected chi connectivity index (χ1v) is 4.09. The molecule has 0 aliphatic carbocycles. The van der Waals surface area contributed by atoms with Crippen LogP contribution in [0.5, 0.6) is 0 Å². The minimum absolute atomic E-state index is 1.25. The van der Waals surface area contributed by atoms with Crippen LogP contribution in [-0.2, 0) is 0 Å². The fourth-order valence-electron chi connectivity index (χ4n) is 0.814. The molecule has 0 bridgehead atoms. The molecule has 52 valence electrons. The van der Waals surface area contributed by atoms with Crippen LogP contribution in [0.25, 0.3) is 12.2 Å². The smallest absolute Gasteiger partial charge is 0.0336 e. The predicted molar refractivity (Wildman–Crippen MR) is 49.1 cm³/mol. The van der Waals surface area contributed by atoms with Crippen molar-refractivity contribution in [1.29, 1.82) is 0 Å². The van der Waals surface area contributed by atoms with Crippen LogP contribution in [0.3, 0.4) is 0 Å². The molecule has 0 saturated carbocycles. The molecule has 0 saturated heterocycles. The fraction of sp³-hybridized carbons (Fsp3) is 0.111. The van der Waals surface area contributed by atoms with E-state index in [9.17, 15) is 0 Å². The lowest BCUT2D eigenvalue weighted by Crippen LogP contribution is -1.65. The molecule has 0 nitrogen and oxygen atoms in total. The van der Waals surface area contributed by atoms with Gasteiger partial charge in [-0.05, 0) is 23.9 Å². The molecule has 1 aromatic rings. The maximum absolute atomic E-state index is 3.72. The van der Waals surface area contributed by atoms with Crippen LogP contribution in [0.15, 0.2) is 24.1 Å². The van der Waals surface area contributed by atoms with Crippen LogP contribution in [0.4, 0.5) is 0 Å². The van der Waals surface area contributed by atoms with Crippen molar-refractivity contribution in [2.45, 2.75) is 6.92 Å². The third-order valence-electron chi connectivity index (χ3n) is 1.26. The Bertz CT molecular complexity index is 243. The quantitative estimate of drug-likeness (QED) is 0.606. The minimum Gasteiger partial charge on any atom is -0.144 e. The van der Waals surface area contributed by atoms with E-state index in [0.717, 1.165) is 0 Å². The van der Waals surface area contributed by atoms with Gasteiger partial charge in [-0.15, -0.1) is 11.3 Å². The molecule has 0 aliphatic heterocycles. The Morgan fingerprint density at radius 1 is 1.60 bits per heavy atom. The molecule has 0 aliphatic rings. The van der Waals surface area contributed by atoms with Gasteiger partial charge in [-0.2, -0.15) is 0 Å². The van der Waals surface area contributed by atoms with E-state index in [-0.39, 0.29) is 0 Å². The zero-order valence-electron chi connectivity index (χ0n) is 6.00. The van der Waals surface area contributed by atoms with E-state index in [1.54, 1.807) is 11.3 Å². The largest absolute Gasteiger partial charge is 0.144 e. The Morgan fingerprint density at radius 3 is 3.00 bits per heavy atom. The molecule has 0 aromatic carbocycles. The van der Waals surface area contributed by atoms with Crippen LogP contribution in [0.1, 0.15) is 17.4 Å². The van der Waals surface area contributed by atoms with Gasteiger partial charge in [0.15, 0.2) is 0 Å². The van der Waals surface area contributed by atoms with Crippen molar-refractivity contribution < 1.29 is 0 Å². The van der Waals surface area contributed by atoms with Crippen LogP contribution in [0, 0.1) is 0 Å². The summed E-state index contributed by atoms with van der Waals surface area (Å²) in [5.41, 5.74) is 1.27. The van der Waals surface area contributed by atoms with Gasteiger partial charge in [-0.3, -0.25) is 0 Å². The van der Waals surface area contributed by atoms with Crippen molar-refractivity contribution >= 4 is 23.5 Å². The third kappa shape index (κ3) is 1.36. The maximum Gasteiger partial charge on any atom is 0.0336 e. The van der Waals surface area contributed by atoms with E-state index >= 15 is 0 Å². The van der Waals surface area contributed by atoms with E-state index in [4.69, 9.17) is 0 Å². The number of thiophene rings is 1. The second kappa shape index (κ2) is 3.37. The summed E-state index contributed by atoms with van der Waals surface area (Å²) in [7, 11) is 0. The highest BCUT2D eigenvalue weighted by molar-refractivity contribution is 7.11. The Hall–Kier alpha value is -0.820. The molecule has 1 heteroatoms. The average Bonchev–Trinajstić information content (AvgIpc) is 2.36. The first-order valence-electron chi connectivity index (χ1n) is 3.21. The van der Waals surface area contributed by atoms with Crippen molar-refractivity contribution in [2.24, 2.45) is 0 Å². The van der Waals surface area contributed by atoms with Crippen molar-refractivity contribution in [2.75, 3.05) is 0 Å². The highest BCUT2D eigenvalue weighted by Crippen LogP contribution is 2.18. The van der Waals surface area contributed by atoms with E-state index in [0.29, 0.717) is 0 Å². The summed E-state index contributed by atoms with van der Waals surface area (Å²) in [4.78, 5) is 1.25. The van der Waals surface area contributed by atoms with E-state index in [2.05, 4.69) is 24.1 Å². The summed E-state index contributed by atoms with van der Waals surface area (Å²) in [6.07, 6.45) is 6.02. The minimum atomic E-state index is 1.25. The van der Waals surface area contributed by atoms with E-state index in [1.807, 2.05) is 19.1 Å². The summed E-state index contributed by atoms with van der Waals surface area (Å²) < 4.78 is 0. The topological polar surface area (TPSA) is 0 Å². The van der Waals surface area contributed by atoms with Crippen LogP contribution in [-0.4, -0.2) is 0 Å². The van der Waals surface area contributed by atoms with Crippen LogP contribution in [0.2, 0.25) is 0 Å². The van der Waals surface area contributed by atoms with Gasteiger partial charge in [0.1, 0.15) is 0 Å². The molecule has 0 radical (unpaired) electrons. The highest BCUT2D eigenvalue weighted by Gasteiger charge is 1.93. The predicted octanol–water partition coefficient (Wildman–Crippen LogP) is 3.42. The summed E-state index contributed by atoms with van der Waals surface area (Å²) in [6.45, 7) is 5.74. The van der Waals surface area contributed by atoms with Crippen molar-refractivity contribution in [1.82, 2.24) is 0 Å². The molecule has 1 heterocycles. The first-order chi connectivity index (χ1) is 4.88. The lowest BCUT2D eigenvalue weighted by Gasteiger charge is -1.86. The van der Waals surface area contributed by atoms with Crippen molar-refractivity contribution in [3.8, 4) is 0 Å². The van der Waals surface area contributed by atoms with Crippen molar-refractivity contribution in [3.63, 3.8) is 0 Å². The Kier molecular flexibility index (Phi) is 2.46. The molecule has 0 fully saturated rings. The van der Waals surface area contributed by atoms with Gasteiger partial charge < -0.3 is 0 Å². The van der Waals surface area contributed by atoms with Gasteiger partial charge in [0.05, 0.1) is 0 Å². The van der Waals surface area contributed by atoms with Gasteiger partial charge in [0.2, 0.25) is 0 Å². The third-order valence-corrected chi connectivity index (χ3v) is 2.19. The van der Waals surface area contributed by atoms with Gasteiger partial charge in [0, 0.05) is 4.88 Å². The van der Waals surface area contributed by atoms with Gasteiger partial charge in [0.25, 0.3) is 0 Å². The number of rotatable bonds is 2. The summed E-state index contributed by atoms with van der Waals surface area (Å²) in [5, 5.41) is 2.08. The molecule has 10 heavy (non-hydrogen) atoms. The molecule has 0 N–H and O–H groups in total. The molecule has 0 unspecified atom stereocenters. The van der Waals surface area contributed by atoms with Gasteiger partial charge in [-0.1, -0.05) is 24.8 Å². The van der Waals surface area contributed by atoms with Gasteiger partial charge in [-0.25, -0.2) is 0 Å². The summed E-state index contributed by atoms with van der Waals surface area (Å²) >= 11 is 1.72. The Morgan fingerprint density at radius 2 is 2.40 bits per heavy atom. The van der Waals surface area contributed by atoms with Crippen LogP contribution >= 0.6 is 11.3 Å². The lowest BCUT2D eigenvalue weighted by molar-refractivity contribution is 1.75. The molecular weight excluding hydrogens is 140 g/mol.